The molecule has 0 fully saturated rings. The summed E-state index contributed by atoms with van der Waals surface area (Å²) in [5.74, 6) is -0.0201. The topological polar surface area (TPSA) is 97.4 Å². The van der Waals surface area contributed by atoms with Gasteiger partial charge in [-0.2, -0.15) is 0 Å². The number of carbonyl (C=O) groups excluding carboxylic acids is 1. The number of benzene rings is 1. The molecule has 2 aromatic heterocycles. The van der Waals surface area contributed by atoms with E-state index in [2.05, 4.69) is 10.5 Å². The van der Waals surface area contributed by atoms with E-state index in [4.69, 9.17) is 4.52 Å². The molecule has 0 saturated heterocycles. The molecule has 28 heavy (non-hydrogen) atoms. The van der Waals surface area contributed by atoms with Gasteiger partial charge in [-0.15, -0.1) is 0 Å². The van der Waals surface area contributed by atoms with Crippen molar-refractivity contribution in [2.24, 2.45) is 0 Å². The molecule has 7 nitrogen and oxygen atoms in total. The quantitative estimate of drug-likeness (QED) is 0.679. The van der Waals surface area contributed by atoms with Gasteiger partial charge in [-0.05, 0) is 44.9 Å². The van der Waals surface area contributed by atoms with Crippen molar-refractivity contribution in [1.29, 1.82) is 0 Å². The summed E-state index contributed by atoms with van der Waals surface area (Å²) in [5.41, 5.74) is 3.74. The molecule has 0 saturated carbocycles. The molecule has 0 aliphatic rings. The normalized spacial score (nSPS) is 12.0. The number of carboxylic acid groups (broad SMARTS) is 1. The van der Waals surface area contributed by atoms with Gasteiger partial charge in [0.1, 0.15) is 5.76 Å². The summed E-state index contributed by atoms with van der Waals surface area (Å²) in [6.07, 6.45) is -0.197. The van der Waals surface area contributed by atoms with Gasteiger partial charge < -0.3 is 14.9 Å². The molecule has 2 heterocycles. The highest BCUT2D eigenvalue weighted by Crippen LogP contribution is 2.24. The van der Waals surface area contributed by atoms with Crippen LogP contribution in [0.15, 0.2) is 40.9 Å². The highest BCUT2D eigenvalue weighted by molar-refractivity contribution is 5.96. The second kappa shape index (κ2) is 7.72. The Labute approximate surface area is 163 Å². The molecule has 0 radical (unpaired) electrons. The summed E-state index contributed by atoms with van der Waals surface area (Å²) in [4.78, 5) is 24.3. The zero-order valence-electron chi connectivity index (χ0n) is 16.3. The Morgan fingerprint density at radius 1 is 1.18 bits per heavy atom. The summed E-state index contributed by atoms with van der Waals surface area (Å²) in [6.45, 7) is 7.40. The standard InChI is InChI=1S/C21H23N3O4/c1-12-7-5-6-8-16(12)18(11-20(25)26)22-21(27)17-9-13(2)24(15(17)4)19-10-14(3)28-23-19/h5-10,18H,11H2,1-4H3,(H,22,27)(H,25,26). The van der Waals surface area contributed by atoms with Gasteiger partial charge >= 0.3 is 5.97 Å². The number of amides is 1. The van der Waals surface area contributed by atoms with Crippen molar-refractivity contribution < 1.29 is 19.2 Å². The van der Waals surface area contributed by atoms with Crippen molar-refractivity contribution in [3.05, 3.63) is 70.2 Å². The maximum atomic E-state index is 13.0. The van der Waals surface area contributed by atoms with Crippen molar-refractivity contribution in [2.45, 2.75) is 40.2 Å². The van der Waals surface area contributed by atoms with Crippen molar-refractivity contribution in [3.63, 3.8) is 0 Å². The first-order chi connectivity index (χ1) is 13.3. The van der Waals surface area contributed by atoms with E-state index in [0.29, 0.717) is 22.8 Å². The zero-order valence-corrected chi connectivity index (χ0v) is 16.3. The fourth-order valence-corrected chi connectivity index (χ4v) is 3.43. The Kier molecular flexibility index (Phi) is 5.35. The number of aliphatic carboxylic acids is 1. The Bertz CT molecular complexity index is 1030. The number of aromatic nitrogens is 2. The molecule has 3 rings (SSSR count). The third-order valence-electron chi connectivity index (χ3n) is 4.77. The third kappa shape index (κ3) is 3.83. The van der Waals surface area contributed by atoms with Crippen LogP contribution >= 0.6 is 0 Å². The van der Waals surface area contributed by atoms with Crippen LogP contribution in [0.5, 0.6) is 0 Å². The molecule has 0 aliphatic carbocycles. The highest BCUT2D eigenvalue weighted by Gasteiger charge is 2.23. The van der Waals surface area contributed by atoms with Gasteiger partial charge in [-0.3, -0.25) is 14.2 Å². The third-order valence-corrected chi connectivity index (χ3v) is 4.77. The lowest BCUT2D eigenvalue weighted by Crippen LogP contribution is -2.31. The Morgan fingerprint density at radius 2 is 1.89 bits per heavy atom. The SMILES string of the molecule is Cc1cc(-n2c(C)cc(C(=O)NC(CC(=O)O)c3ccccc3C)c2C)no1. The van der Waals surface area contributed by atoms with E-state index in [1.54, 1.807) is 19.1 Å². The monoisotopic (exact) mass is 381 g/mol. The van der Waals surface area contributed by atoms with Gasteiger partial charge in [0.05, 0.1) is 18.0 Å². The molecule has 1 amide bonds. The van der Waals surface area contributed by atoms with Crippen LogP contribution in [-0.2, 0) is 4.79 Å². The minimum Gasteiger partial charge on any atom is -0.481 e. The summed E-state index contributed by atoms with van der Waals surface area (Å²) in [7, 11) is 0. The smallest absolute Gasteiger partial charge is 0.305 e. The van der Waals surface area contributed by atoms with Crippen LogP contribution in [0.4, 0.5) is 0 Å². The van der Waals surface area contributed by atoms with E-state index in [0.717, 1.165) is 16.8 Å². The van der Waals surface area contributed by atoms with Crippen molar-refractivity contribution >= 4 is 11.9 Å². The zero-order chi connectivity index (χ0) is 20.4. The molecule has 2 N–H and O–H groups in total. The predicted octanol–water partition coefficient (Wildman–Crippen LogP) is 3.64. The number of nitrogens with one attached hydrogen (secondary N) is 1. The van der Waals surface area contributed by atoms with E-state index < -0.39 is 12.0 Å². The molecule has 1 unspecified atom stereocenters. The van der Waals surface area contributed by atoms with Crippen molar-refractivity contribution in [1.82, 2.24) is 15.0 Å². The number of nitrogens with zero attached hydrogens (tertiary/aromatic N) is 2. The van der Waals surface area contributed by atoms with E-state index in [1.807, 2.05) is 49.6 Å². The summed E-state index contributed by atoms with van der Waals surface area (Å²) in [5, 5.41) is 16.2. The minimum absolute atomic E-state index is 0.197. The number of rotatable bonds is 6. The van der Waals surface area contributed by atoms with Gasteiger partial charge in [0.25, 0.3) is 5.91 Å². The molecule has 1 aromatic carbocycles. The first-order valence-corrected chi connectivity index (χ1v) is 8.98. The Balaban J connectivity index is 1.93. The van der Waals surface area contributed by atoms with Crippen LogP contribution < -0.4 is 5.32 Å². The minimum atomic E-state index is -0.975. The molecule has 0 spiro atoms. The Morgan fingerprint density at radius 3 is 2.50 bits per heavy atom. The number of carbonyl (C=O) groups is 2. The Hall–Kier alpha value is -3.35. The van der Waals surface area contributed by atoms with Crippen LogP contribution in [0.1, 0.15) is 51.1 Å². The maximum Gasteiger partial charge on any atom is 0.305 e. The number of carboxylic acids is 1. The number of hydrogen-bond donors (Lipinski definition) is 2. The van der Waals surface area contributed by atoms with Gasteiger partial charge in [-0.1, -0.05) is 29.4 Å². The lowest BCUT2D eigenvalue weighted by atomic mass is 9.98. The fraction of sp³-hybridized carbons (Fsp3) is 0.286. The molecule has 3 aromatic rings. The highest BCUT2D eigenvalue weighted by atomic mass is 16.5. The summed E-state index contributed by atoms with van der Waals surface area (Å²) >= 11 is 0. The first-order valence-electron chi connectivity index (χ1n) is 8.98. The molecular weight excluding hydrogens is 358 g/mol. The van der Waals surface area contributed by atoms with E-state index in [1.165, 1.54) is 0 Å². The second-order valence-electron chi connectivity index (χ2n) is 6.90. The van der Waals surface area contributed by atoms with E-state index in [9.17, 15) is 14.7 Å². The number of hydrogen-bond acceptors (Lipinski definition) is 4. The molecule has 0 bridgehead atoms. The average Bonchev–Trinajstić information content (AvgIpc) is 3.17. The fourth-order valence-electron chi connectivity index (χ4n) is 3.43. The van der Waals surface area contributed by atoms with Gasteiger partial charge in [0.2, 0.25) is 0 Å². The van der Waals surface area contributed by atoms with E-state index >= 15 is 0 Å². The number of aryl methyl sites for hydroxylation is 3. The lowest BCUT2D eigenvalue weighted by Gasteiger charge is -2.19. The molecular formula is C21H23N3O4. The lowest BCUT2D eigenvalue weighted by molar-refractivity contribution is -0.137. The van der Waals surface area contributed by atoms with Crippen LogP contribution in [0.25, 0.3) is 5.82 Å². The van der Waals surface area contributed by atoms with Crippen LogP contribution in [0, 0.1) is 27.7 Å². The van der Waals surface area contributed by atoms with Gasteiger partial charge in [-0.25, -0.2) is 0 Å². The molecule has 146 valence electrons. The van der Waals surface area contributed by atoms with Crippen LogP contribution in [-0.4, -0.2) is 26.7 Å². The van der Waals surface area contributed by atoms with Gasteiger partial charge in [0, 0.05) is 17.5 Å². The summed E-state index contributed by atoms with van der Waals surface area (Å²) < 4.78 is 6.98. The molecule has 0 aliphatic heterocycles. The summed E-state index contributed by atoms with van der Waals surface area (Å²) in [6, 6.07) is 10.4. The van der Waals surface area contributed by atoms with Crippen molar-refractivity contribution in [3.8, 4) is 5.82 Å². The van der Waals surface area contributed by atoms with E-state index in [-0.39, 0.29) is 12.3 Å². The van der Waals surface area contributed by atoms with Crippen LogP contribution in [0.3, 0.4) is 0 Å². The predicted molar refractivity (Wildman–Crippen MR) is 104 cm³/mol. The molecule has 1 atom stereocenters. The maximum absolute atomic E-state index is 13.0. The second-order valence-corrected chi connectivity index (χ2v) is 6.90. The van der Waals surface area contributed by atoms with Gasteiger partial charge in [0.15, 0.2) is 5.82 Å². The van der Waals surface area contributed by atoms with Crippen molar-refractivity contribution in [2.75, 3.05) is 0 Å². The average molecular weight is 381 g/mol. The largest absolute Gasteiger partial charge is 0.481 e. The van der Waals surface area contributed by atoms with Crippen LogP contribution in [0.2, 0.25) is 0 Å². The molecule has 7 heteroatoms. The first kappa shape index (κ1) is 19.4.